The molecule has 5 unspecified atom stereocenters. The maximum Gasteiger partial charge on any atom is 0.240 e. The van der Waals surface area contributed by atoms with Crippen LogP contribution in [0.25, 0.3) is 0 Å². The number of hydrogen-bond acceptors (Lipinski definition) is 5. The predicted octanol–water partition coefficient (Wildman–Crippen LogP) is 3.31. The molecule has 1 spiro atoms. The molecule has 0 bridgehead atoms. The molecule has 1 aliphatic carbocycles. The number of likely N-dealkylation sites (tertiary alicyclic amines) is 1. The van der Waals surface area contributed by atoms with Gasteiger partial charge in [-0.15, -0.1) is 0 Å². The van der Waals surface area contributed by atoms with Crippen molar-refractivity contribution >= 4 is 17.8 Å². The largest absolute Gasteiger partial charge is 0.354 e. The summed E-state index contributed by atoms with van der Waals surface area (Å²) in [4.78, 5) is 42.3. The van der Waals surface area contributed by atoms with E-state index in [2.05, 4.69) is 5.32 Å². The highest BCUT2D eigenvalue weighted by molar-refractivity contribution is 6.10. The summed E-state index contributed by atoms with van der Waals surface area (Å²) in [5.74, 6) is 0.157. The normalized spacial score (nSPS) is 27.3. The van der Waals surface area contributed by atoms with E-state index in [9.17, 15) is 14.4 Å². The zero-order valence-electron chi connectivity index (χ0n) is 21.8. The van der Waals surface area contributed by atoms with Crippen LogP contribution in [0.4, 0.5) is 0 Å². The summed E-state index contributed by atoms with van der Waals surface area (Å²) in [7, 11) is 3.02. The maximum atomic E-state index is 14.8. The van der Waals surface area contributed by atoms with Crippen molar-refractivity contribution in [3.63, 3.8) is 0 Å². The number of carbonyl (C=O) groups excluding carboxylic acids is 3. The first-order valence-corrected chi connectivity index (χ1v) is 12.8. The van der Waals surface area contributed by atoms with Gasteiger partial charge in [-0.1, -0.05) is 78.4 Å². The van der Waals surface area contributed by atoms with Crippen LogP contribution < -0.4 is 5.32 Å². The van der Waals surface area contributed by atoms with Gasteiger partial charge in [-0.05, 0) is 24.1 Å². The van der Waals surface area contributed by atoms with Crippen molar-refractivity contribution < 1.29 is 23.9 Å². The maximum absolute atomic E-state index is 14.8. The Balaban J connectivity index is 1.69. The molecule has 0 radical (unpaired) electrons. The summed E-state index contributed by atoms with van der Waals surface area (Å²) in [5.41, 5.74) is 1.98. The van der Waals surface area contributed by atoms with Crippen LogP contribution in [-0.2, 0) is 23.9 Å². The third-order valence-electron chi connectivity index (χ3n) is 8.27. The average Bonchev–Trinajstić information content (AvgIpc) is 3.45. The molecule has 5 atom stereocenters. The standard InChI is InChI=1S/C31H32N2O5/c1-20-13-15-22(16-14-20)25-17-32-29(35)31(25)26(21-9-5-4-6-10-21)18-33(30(31)36)27(28(37-2)38-3)24-12-8-7-11-23(24)19-34/h4-16,24-28H,17-18H2,1-3H3,(H,32,35). The fourth-order valence-corrected chi connectivity index (χ4v) is 6.45. The number of rotatable bonds is 7. The zero-order chi connectivity index (χ0) is 26.9. The Morgan fingerprint density at radius 1 is 0.974 bits per heavy atom. The van der Waals surface area contributed by atoms with Crippen LogP contribution in [0.5, 0.6) is 0 Å². The van der Waals surface area contributed by atoms with Gasteiger partial charge in [-0.25, -0.2) is 4.79 Å². The van der Waals surface area contributed by atoms with E-state index in [1.165, 1.54) is 14.2 Å². The van der Waals surface area contributed by atoms with E-state index < -0.39 is 29.6 Å². The van der Waals surface area contributed by atoms with E-state index in [-0.39, 0.29) is 24.3 Å². The second-order valence-corrected chi connectivity index (χ2v) is 10.1. The van der Waals surface area contributed by atoms with Gasteiger partial charge < -0.3 is 19.7 Å². The van der Waals surface area contributed by atoms with Gasteiger partial charge in [-0.2, -0.15) is 0 Å². The van der Waals surface area contributed by atoms with Gasteiger partial charge in [0.2, 0.25) is 11.8 Å². The molecule has 2 aromatic rings. The molecule has 5 rings (SSSR count). The number of hydrogen-bond donors (Lipinski definition) is 1. The van der Waals surface area contributed by atoms with Crippen molar-refractivity contribution in [2.45, 2.75) is 31.1 Å². The Morgan fingerprint density at radius 2 is 1.66 bits per heavy atom. The van der Waals surface area contributed by atoms with Crippen LogP contribution >= 0.6 is 0 Å². The van der Waals surface area contributed by atoms with Gasteiger partial charge in [0.1, 0.15) is 11.4 Å². The van der Waals surface area contributed by atoms with E-state index in [1.807, 2.05) is 79.6 Å². The van der Waals surface area contributed by atoms with Gasteiger partial charge in [0, 0.05) is 50.6 Å². The molecule has 2 aliphatic heterocycles. The molecule has 2 heterocycles. The van der Waals surface area contributed by atoms with Crippen molar-refractivity contribution in [2.75, 3.05) is 27.3 Å². The number of aryl methyl sites for hydroxylation is 1. The lowest BCUT2D eigenvalue weighted by Crippen LogP contribution is -2.53. The zero-order valence-corrected chi connectivity index (χ0v) is 21.8. The fourth-order valence-electron chi connectivity index (χ4n) is 6.45. The number of carbonyl (C=O) groups is 2. The molecule has 3 aliphatic rings. The highest BCUT2D eigenvalue weighted by atomic mass is 16.7. The minimum Gasteiger partial charge on any atom is -0.354 e. The summed E-state index contributed by atoms with van der Waals surface area (Å²) in [6, 6.07) is 17.1. The van der Waals surface area contributed by atoms with Crippen molar-refractivity contribution in [2.24, 2.45) is 11.3 Å². The predicted molar refractivity (Wildman–Crippen MR) is 143 cm³/mol. The van der Waals surface area contributed by atoms with Crippen molar-refractivity contribution in [3.8, 4) is 0 Å². The number of allylic oxidation sites excluding steroid dienone is 3. The first-order chi connectivity index (χ1) is 18.5. The van der Waals surface area contributed by atoms with Crippen LogP contribution in [0.1, 0.15) is 28.5 Å². The van der Waals surface area contributed by atoms with Gasteiger partial charge in [0.05, 0.1) is 6.04 Å². The molecule has 0 saturated carbocycles. The molecule has 2 saturated heterocycles. The smallest absolute Gasteiger partial charge is 0.240 e. The van der Waals surface area contributed by atoms with E-state index in [4.69, 9.17) is 9.47 Å². The van der Waals surface area contributed by atoms with Crippen molar-refractivity contribution in [3.05, 3.63) is 101 Å². The van der Waals surface area contributed by atoms with Crippen LogP contribution in [0.2, 0.25) is 0 Å². The molecular formula is C31H32N2O5. The Bertz CT molecular complexity index is 1310. The lowest BCUT2D eigenvalue weighted by atomic mass is 9.65. The summed E-state index contributed by atoms with van der Waals surface area (Å²) < 4.78 is 11.4. The van der Waals surface area contributed by atoms with Crippen LogP contribution in [0.15, 0.2) is 84.5 Å². The fraction of sp³-hybridized carbons (Fsp3) is 0.355. The molecule has 0 aromatic heterocycles. The number of nitrogens with zero attached hydrogens (tertiary/aromatic N) is 1. The Kier molecular flexibility index (Phi) is 7.17. The molecule has 1 N–H and O–H groups in total. The molecule has 196 valence electrons. The minimum atomic E-state index is -1.36. The Morgan fingerprint density at radius 3 is 2.32 bits per heavy atom. The minimum absolute atomic E-state index is 0.271. The van der Waals surface area contributed by atoms with Crippen LogP contribution in [0.3, 0.4) is 0 Å². The van der Waals surface area contributed by atoms with Crippen molar-refractivity contribution in [1.82, 2.24) is 10.2 Å². The molecule has 2 aromatic carbocycles. The SMILES string of the molecule is COC(OC)C(C1C=CC=CC1=C=O)N1CC(c2ccccc2)C2(C(=O)NCC2c2ccc(C)cc2)C1=O. The number of ether oxygens (including phenoxy) is 2. The lowest BCUT2D eigenvalue weighted by molar-refractivity contribution is -0.167. The monoisotopic (exact) mass is 512 g/mol. The second kappa shape index (κ2) is 10.5. The van der Waals surface area contributed by atoms with Gasteiger partial charge in [0.15, 0.2) is 6.29 Å². The molecule has 2 fully saturated rings. The second-order valence-electron chi connectivity index (χ2n) is 10.1. The van der Waals surface area contributed by atoms with Gasteiger partial charge >= 0.3 is 0 Å². The number of methoxy groups -OCH3 is 2. The molecule has 7 heteroatoms. The Hall–Kier alpha value is -3.77. The highest BCUT2D eigenvalue weighted by Crippen LogP contribution is 2.56. The summed E-state index contributed by atoms with van der Waals surface area (Å²) in [5, 5.41) is 3.02. The highest BCUT2D eigenvalue weighted by Gasteiger charge is 2.68. The summed E-state index contributed by atoms with van der Waals surface area (Å²) >= 11 is 0. The first kappa shape index (κ1) is 25.9. The van der Waals surface area contributed by atoms with Crippen LogP contribution in [-0.4, -0.2) is 62.3 Å². The number of amides is 2. The topological polar surface area (TPSA) is 84.9 Å². The van der Waals surface area contributed by atoms with E-state index in [0.717, 1.165) is 16.7 Å². The van der Waals surface area contributed by atoms with E-state index >= 15 is 0 Å². The van der Waals surface area contributed by atoms with Crippen molar-refractivity contribution in [1.29, 1.82) is 0 Å². The molecular weight excluding hydrogens is 480 g/mol. The van der Waals surface area contributed by atoms with E-state index in [1.54, 1.807) is 17.1 Å². The molecule has 7 nitrogen and oxygen atoms in total. The quantitative estimate of drug-likeness (QED) is 0.350. The number of benzene rings is 2. The third kappa shape index (κ3) is 4.04. The molecule has 2 amide bonds. The molecule has 38 heavy (non-hydrogen) atoms. The summed E-state index contributed by atoms with van der Waals surface area (Å²) in [6.45, 7) is 2.64. The average molecular weight is 513 g/mol. The third-order valence-corrected chi connectivity index (χ3v) is 8.27. The van der Waals surface area contributed by atoms with E-state index in [0.29, 0.717) is 12.1 Å². The van der Waals surface area contributed by atoms with Crippen LogP contribution in [0, 0.1) is 18.3 Å². The van der Waals surface area contributed by atoms with Gasteiger partial charge in [0.25, 0.3) is 0 Å². The first-order valence-electron chi connectivity index (χ1n) is 12.8. The lowest BCUT2D eigenvalue weighted by Gasteiger charge is -2.38. The Labute approximate surface area is 222 Å². The van der Waals surface area contributed by atoms with Gasteiger partial charge in [-0.3, -0.25) is 9.59 Å². The summed E-state index contributed by atoms with van der Waals surface area (Å²) in [6.07, 6.45) is 6.31. The number of nitrogens with one attached hydrogen (secondary N) is 1.